The highest BCUT2D eigenvalue weighted by Gasteiger charge is 2.01. The van der Waals surface area contributed by atoms with E-state index in [0.29, 0.717) is 6.42 Å². The van der Waals surface area contributed by atoms with E-state index < -0.39 is 0 Å². The van der Waals surface area contributed by atoms with Crippen LogP contribution in [0.1, 0.15) is 43.4 Å². The first-order valence-corrected chi connectivity index (χ1v) is 8.39. The van der Waals surface area contributed by atoms with E-state index in [1.807, 2.05) is 26.0 Å². The van der Waals surface area contributed by atoms with Gasteiger partial charge in [-0.3, -0.25) is 10.2 Å². The third-order valence-corrected chi connectivity index (χ3v) is 3.57. The van der Waals surface area contributed by atoms with Gasteiger partial charge in [0.2, 0.25) is 5.91 Å². The van der Waals surface area contributed by atoms with E-state index in [4.69, 9.17) is 5.84 Å². The molecule has 0 radical (unpaired) electrons. The molecule has 0 spiro atoms. The predicted molar refractivity (Wildman–Crippen MR) is 96.9 cm³/mol. The predicted octanol–water partition coefficient (Wildman–Crippen LogP) is 3.81. The second-order valence-electron chi connectivity index (χ2n) is 5.25. The molecule has 0 unspecified atom stereocenters. The van der Waals surface area contributed by atoms with Crippen molar-refractivity contribution in [3.8, 4) is 0 Å². The number of hydrazine groups is 1. The molecule has 3 heteroatoms. The summed E-state index contributed by atoms with van der Waals surface area (Å²) in [5, 5.41) is 0. The van der Waals surface area contributed by atoms with Crippen LogP contribution >= 0.6 is 0 Å². The molecule has 2 rings (SSSR count). The fourth-order valence-corrected chi connectivity index (χ4v) is 2.36. The molecule has 0 aliphatic carbocycles. The van der Waals surface area contributed by atoms with E-state index in [9.17, 15) is 4.79 Å². The van der Waals surface area contributed by atoms with E-state index >= 15 is 0 Å². The third-order valence-electron chi connectivity index (χ3n) is 3.57. The molecule has 0 saturated heterocycles. The third kappa shape index (κ3) is 7.61. The Balaban J connectivity index is 0.00000127. The average Bonchev–Trinajstić information content (AvgIpc) is 2.62. The standard InChI is InChI=1S/C18H22N2O.C2H6/c19-20-18(21)14-17-12-10-16(11-13-17)9-5-4-8-15-6-2-1-3-7-15;1-2/h1-3,6-7,10-13H,4-5,8-9,14,19H2,(H,20,21);1-2H3. The van der Waals surface area contributed by atoms with Gasteiger partial charge in [0.05, 0.1) is 6.42 Å². The number of hydrogen-bond donors (Lipinski definition) is 2. The molecular weight excluding hydrogens is 284 g/mol. The second kappa shape index (κ2) is 11.4. The normalized spacial score (nSPS) is 9.70. The van der Waals surface area contributed by atoms with Gasteiger partial charge in [-0.25, -0.2) is 5.84 Å². The SMILES string of the molecule is CC.NNC(=O)Cc1ccc(CCCCc2ccccc2)cc1. The zero-order valence-electron chi connectivity index (χ0n) is 14.2. The van der Waals surface area contributed by atoms with Crippen molar-refractivity contribution in [2.75, 3.05) is 0 Å². The molecule has 3 nitrogen and oxygen atoms in total. The van der Waals surface area contributed by atoms with Crippen LogP contribution in [0.3, 0.4) is 0 Å². The molecule has 2 aromatic carbocycles. The topological polar surface area (TPSA) is 55.1 Å². The zero-order chi connectivity index (χ0) is 16.9. The van der Waals surface area contributed by atoms with Gasteiger partial charge in [-0.2, -0.15) is 0 Å². The number of benzene rings is 2. The highest BCUT2D eigenvalue weighted by Crippen LogP contribution is 2.11. The van der Waals surface area contributed by atoms with E-state index in [2.05, 4.69) is 47.9 Å². The monoisotopic (exact) mass is 312 g/mol. The molecular formula is C20H28N2O. The first-order valence-electron chi connectivity index (χ1n) is 8.39. The van der Waals surface area contributed by atoms with Crippen molar-refractivity contribution < 1.29 is 4.79 Å². The number of nitrogens with two attached hydrogens (primary N) is 1. The lowest BCUT2D eigenvalue weighted by Gasteiger charge is -2.05. The van der Waals surface area contributed by atoms with Crippen molar-refractivity contribution in [3.05, 3.63) is 71.3 Å². The van der Waals surface area contributed by atoms with Crippen LogP contribution in [0.5, 0.6) is 0 Å². The Bertz CT molecular complexity index is 550. The number of carbonyl (C=O) groups is 1. The molecule has 23 heavy (non-hydrogen) atoms. The van der Waals surface area contributed by atoms with Crippen LogP contribution in [0.15, 0.2) is 54.6 Å². The number of aryl methyl sites for hydroxylation is 2. The fourth-order valence-electron chi connectivity index (χ4n) is 2.36. The van der Waals surface area contributed by atoms with E-state index in [1.165, 1.54) is 24.0 Å². The second-order valence-corrected chi connectivity index (χ2v) is 5.25. The van der Waals surface area contributed by atoms with Crippen LogP contribution in [-0.2, 0) is 24.1 Å². The van der Waals surface area contributed by atoms with Crippen molar-refractivity contribution in [1.82, 2.24) is 5.43 Å². The maximum absolute atomic E-state index is 11.2. The van der Waals surface area contributed by atoms with Crippen molar-refractivity contribution in [1.29, 1.82) is 0 Å². The lowest BCUT2D eigenvalue weighted by atomic mass is 10.0. The molecule has 124 valence electrons. The summed E-state index contributed by atoms with van der Waals surface area (Å²) in [5.41, 5.74) is 5.86. The minimum absolute atomic E-state index is 0.161. The molecule has 0 saturated carbocycles. The summed E-state index contributed by atoms with van der Waals surface area (Å²) >= 11 is 0. The number of carbonyl (C=O) groups excluding carboxylic acids is 1. The number of rotatable bonds is 7. The molecule has 0 heterocycles. The Labute approximate surface area is 139 Å². The van der Waals surface area contributed by atoms with Gasteiger partial charge < -0.3 is 0 Å². The van der Waals surface area contributed by atoms with Crippen LogP contribution in [-0.4, -0.2) is 5.91 Å². The molecule has 0 fully saturated rings. The smallest absolute Gasteiger partial charge is 0.238 e. The largest absolute Gasteiger partial charge is 0.294 e. The van der Waals surface area contributed by atoms with Crippen molar-refractivity contribution in [2.24, 2.45) is 5.84 Å². The number of hydrogen-bond acceptors (Lipinski definition) is 2. The molecule has 0 aliphatic rings. The van der Waals surface area contributed by atoms with Crippen LogP contribution in [0, 0.1) is 0 Å². The number of nitrogens with one attached hydrogen (secondary N) is 1. The molecule has 0 aromatic heterocycles. The lowest BCUT2D eigenvalue weighted by molar-refractivity contribution is -0.120. The number of amides is 1. The first-order chi connectivity index (χ1) is 11.3. The maximum Gasteiger partial charge on any atom is 0.238 e. The average molecular weight is 312 g/mol. The summed E-state index contributed by atoms with van der Waals surface area (Å²) in [5.74, 6) is 4.92. The van der Waals surface area contributed by atoms with Gasteiger partial charge in [-0.1, -0.05) is 68.4 Å². The van der Waals surface area contributed by atoms with E-state index in [-0.39, 0.29) is 5.91 Å². The summed E-state index contributed by atoms with van der Waals surface area (Å²) in [6.45, 7) is 4.00. The highest BCUT2D eigenvalue weighted by atomic mass is 16.2. The Morgan fingerprint density at radius 1 is 0.826 bits per heavy atom. The van der Waals surface area contributed by atoms with Gasteiger partial charge in [-0.15, -0.1) is 0 Å². The fraction of sp³-hybridized carbons (Fsp3) is 0.350. The minimum atomic E-state index is -0.161. The molecule has 0 atom stereocenters. The van der Waals surface area contributed by atoms with Gasteiger partial charge >= 0.3 is 0 Å². The summed E-state index contributed by atoms with van der Waals surface area (Å²) in [6.07, 6.45) is 4.93. The summed E-state index contributed by atoms with van der Waals surface area (Å²) in [6, 6.07) is 18.8. The highest BCUT2D eigenvalue weighted by molar-refractivity contribution is 5.77. The van der Waals surface area contributed by atoms with Gasteiger partial charge in [0.25, 0.3) is 0 Å². The molecule has 0 aliphatic heterocycles. The summed E-state index contributed by atoms with van der Waals surface area (Å²) in [4.78, 5) is 11.2. The Hall–Kier alpha value is -2.13. The van der Waals surface area contributed by atoms with Crippen LogP contribution in [0.2, 0.25) is 0 Å². The van der Waals surface area contributed by atoms with Crippen molar-refractivity contribution in [2.45, 2.75) is 46.0 Å². The van der Waals surface area contributed by atoms with Crippen molar-refractivity contribution >= 4 is 5.91 Å². The van der Waals surface area contributed by atoms with Crippen LogP contribution < -0.4 is 11.3 Å². The minimum Gasteiger partial charge on any atom is -0.294 e. The van der Waals surface area contributed by atoms with Gasteiger partial charge in [0, 0.05) is 0 Å². The number of unbranched alkanes of at least 4 members (excludes halogenated alkanes) is 1. The quantitative estimate of drug-likeness (QED) is 0.353. The molecule has 0 bridgehead atoms. The molecule has 3 N–H and O–H groups in total. The van der Waals surface area contributed by atoms with Gasteiger partial charge in [0.1, 0.15) is 0 Å². The van der Waals surface area contributed by atoms with Gasteiger partial charge in [0.15, 0.2) is 0 Å². The summed E-state index contributed by atoms with van der Waals surface area (Å²) < 4.78 is 0. The maximum atomic E-state index is 11.2. The van der Waals surface area contributed by atoms with Crippen molar-refractivity contribution in [3.63, 3.8) is 0 Å². The Kier molecular flexibility index (Phi) is 9.41. The molecule has 1 amide bonds. The van der Waals surface area contributed by atoms with Crippen LogP contribution in [0.4, 0.5) is 0 Å². The summed E-state index contributed by atoms with van der Waals surface area (Å²) in [7, 11) is 0. The lowest BCUT2D eigenvalue weighted by Crippen LogP contribution is -2.31. The van der Waals surface area contributed by atoms with E-state index in [0.717, 1.165) is 18.4 Å². The van der Waals surface area contributed by atoms with Gasteiger partial charge in [-0.05, 0) is 42.4 Å². The van der Waals surface area contributed by atoms with Crippen LogP contribution in [0.25, 0.3) is 0 Å². The van der Waals surface area contributed by atoms with E-state index in [1.54, 1.807) is 0 Å². The first kappa shape index (κ1) is 18.9. The Morgan fingerprint density at radius 3 is 1.83 bits per heavy atom. The Morgan fingerprint density at radius 2 is 1.30 bits per heavy atom. The molecule has 2 aromatic rings. The zero-order valence-corrected chi connectivity index (χ0v) is 14.2.